The number of aliphatic carboxylic acids is 1. The Hall–Kier alpha value is -3.35. The number of likely N-dealkylation sites (N-methyl/N-ethyl adjacent to an activating group) is 1. The molecular formula is C21H23N3O4. The minimum Gasteiger partial charge on any atom is -0.481 e. The van der Waals surface area contributed by atoms with Gasteiger partial charge in [-0.25, -0.2) is 4.79 Å². The number of carboxylic acids is 1. The summed E-state index contributed by atoms with van der Waals surface area (Å²) < 4.78 is 0. The highest BCUT2D eigenvalue weighted by Gasteiger charge is 2.30. The normalized spacial score (nSPS) is 15.9. The van der Waals surface area contributed by atoms with Crippen molar-refractivity contribution in [3.05, 3.63) is 60.2 Å². The number of hydrogen-bond donors (Lipinski definition) is 2. The molecule has 0 spiro atoms. The second-order valence-corrected chi connectivity index (χ2v) is 6.86. The molecule has 3 rings (SSSR count). The smallest absolute Gasteiger partial charge is 0.321 e. The number of amides is 3. The van der Waals surface area contributed by atoms with Crippen molar-refractivity contribution in [3.8, 4) is 0 Å². The third-order valence-corrected chi connectivity index (χ3v) is 4.90. The molecule has 1 fully saturated rings. The Kier molecular flexibility index (Phi) is 5.93. The van der Waals surface area contributed by atoms with E-state index in [1.165, 1.54) is 4.90 Å². The van der Waals surface area contributed by atoms with Crippen LogP contribution in [0.4, 0.5) is 16.2 Å². The molecule has 0 radical (unpaired) electrons. The van der Waals surface area contributed by atoms with Crippen LogP contribution in [0.1, 0.15) is 12.0 Å². The molecule has 0 saturated carbocycles. The fourth-order valence-corrected chi connectivity index (χ4v) is 3.14. The number of hydrogen-bond acceptors (Lipinski definition) is 3. The van der Waals surface area contributed by atoms with Crippen molar-refractivity contribution in [1.29, 1.82) is 0 Å². The molecule has 0 aliphatic carbocycles. The predicted molar refractivity (Wildman–Crippen MR) is 106 cm³/mol. The van der Waals surface area contributed by atoms with Gasteiger partial charge < -0.3 is 20.2 Å². The Labute approximate surface area is 163 Å². The van der Waals surface area contributed by atoms with E-state index in [0.717, 1.165) is 11.3 Å². The van der Waals surface area contributed by atoms with Crippen molar-refractivity contribution in [2.75, 3.05) is 30.4 Å². The summed E-state index contributed by atoms with van der Waals surface area (Å²) in [7, 11) is 1.74. The van der Waals surface area contributed by atoms with E-state index in [4.69, 9.17) is 5.11 Å². The van der Waals surface area contributed by atoms with Gasteiger partial charge in [-0.1, -0.05) is 30.3 Å². The van der Waals surface area contributed by atoms with E-state index in [2.05, 4.69) is 5.32 Å². The van der Waals surface area contributed by atoms with Gasteiger partial charge in [0.25, 0.3) is 0 Å². The van der Waals surface area contributed by atoms with Crippen LogP contribution in [0.3, 0.4) is 0 Å². The molecule has 1 aliphatic rings. The summed E-state index contributed by atoms with van der Waals surface area (Å²) in [5.41, 5.74) is 2.29. The van der Waals surface area contributed by atoms with Crippen molar-refractivity contribution >= 4 is 29.3 Å². The summed E-state index contributed by atoms with van der Waals surface area (Å²) in [5, 5.41) is 11.8. The van der Waals surface area contributed by atoms with E-state index in [9.17, 15) is 14.4 Å². The molecule has 1 heterocycles. The van der Waals surface area contributed by atoms with Gasteiger partial charge in [0.2, 0.25) is 5.91 Å². The van der Waals surface area contributed by atoms with Crippen molar-refractivity contribution < 1.29 is 19.5 Å². The van der Waals surface area contributed by atoms with Crippen LogP contribution in [0.2, 0.25) is 0 Å². The van der Waals surface area contributed by atoms with Gasteiger partial charge in [0.05, 0.1) is 12.3 Å². The average molecular weight is 381 g/mol. The van der Waals surface area contributed by atoms with Crippen LogP contribution < -0.4 is 10.2 Å². The maximum absolute atomic E-state index is 12.4. The summed E-state index contributed by atoms with van der Waals surface area (Å²) in [6, 6.07) is 16.2. The first-order chi connectivity index (χ1) is 13.4. The minimum absolute atomic E-state index is 0.0280. The Morgan fingerprint density at radius 2 is 1.79 bits per heavy atom. The molecule has 28 heavy (non-hydrogen) atoms. The summed E-state index contributed by atoms with van der Waals surface area (Å²) in [5.74, 6) is -1.40. The maximum Gasteiger partial charge on any atom is 0.321 e. The van der Waals surface area contributed by atoms with Gasteiger partial charge in [-0.2, -0.15) is 0 Å². The number of likely N-dealkylation sites (tertiary alicyclic amines) is 1. The van der Waals surface area contributed by atoms with Gasteiger partial charge in [0.1, 0.15) is 0 Å². The van der Waals surface area contributed by atoms with Gasteiger partial charge in [0.15, 0.2) is 0 Å². The van der Waals surface area contributed by atoms with Gasteiger partial charge >= 0.3 is 12.0 Å². The van der Waals surface area contributed by atoms with E-state index in [1.807, 2.05) is 30.3 Å². The molecule has 0 aromatic heterocycles. The van der Waals surface area contributed by atoms with Crippen molar-refractivity contribution in [2.24, 2.45) is 5.92 Å². The minimum atomic E-state index is -0.871. The van der Waals surface area contributed by atoms with Crippen LogP contribution in [0.25, 0.3) is 0 Å². The van der Waals surface area contributed by atoms with E-state index in [0.29, 0.717) is 18.7 Å². The highest BCUT2D eigenvalue weighted by Crippen LogP contribution is 2.19. The SMILES string of the molecule is CN(C(=O)Cc1ccc(NC(=O)N2CCC(C(=O)O)C2)cc1)c1ccccc1. The molecular weight excluding hydrogens is 358 g/mol. The van der Waals surface area contributed by atoms with E-state index in [-0.39, 0.29) is 24.9 Å². The Bertz CT molecular complexity index is 852. The number of para-hydroxylation sites is 1. The van der Waals surface area contributed by atoms with Crippen LogP contribution in [0.5, 0.6) is 0 Å². The standard InChI is InChI=1S/C21H23N3O4/c1-23(18-5-3-2-4-6-18)19(25)13-15-7-9-17(10-8-15)22-21(28)24-12-11-16(14-24)20(26)27/h2-10,16H,11-14H2,1H3,(H,22,28)(H,26,27). The number of carbonyl (C=O) groups excluding carboxylic acids is 2. The van der Waals surface area contributed by atoms with Crippen LogP contribution in [0, 0.1) is 5.92 Å². The first-order valence-electron chi connectivity index (χ1n) is 9.13. The lowest BCUT2D eigenvalue weighted by molar-refractivity contribution is -0.141. The van der Waals surface area contributed by atoms with Crippen LogP contribution in [-0.4, -0.2) is 48.1 Å². The number of nitrogens with zero attached hydrogens (tertiary/aromatic N) is 2. The van der Waals surface area contributed by atoms with E-state index < -0.39 is 11.9 Å². The summed E-state index contributed by atoms with van der Waals surface area (Å²) in [6.07, 6.45) is 0.727. The number of urea groups is 1. The van der Waals surface area contributed by atoms with Crippen LogP contribution in [0.15, 0.2) is 54.6 Å². The first kappa shape index (κ1) is 19.4. The van der Waals surface area contributed by atoms with E-state index in [1.54, 1.807) is 36.2 Å². The zero-order valence-corrected chi connectivity index (χ0v) is 15.7. The maximum atomic E-state index is 12.4. The lowest BCUT2D eigenvalue weighted by Gasteiger charge is -2.18. The zero-order chi connectivity index (χ0) is 20.1. The lowest BCUT2D eigenvalue weighted by Crippen LogP contribution is -2.33. The van der Waals surface area contributed by atoms with Gasteiger partial charge in [0, 0.05) is 31.5 Å². The second kappa shape index (κ2) is 8.56. The molecule has 7 nitrogen and oxygen atoms in total. The number of nitrogens with one attached hydrogen (secondary N) is 1. The number of rotatable bonds is 5. The second-order valence-electron chi connectivity index (χ2n) is 6.86. The van der Waals surface area contributed by atoms with E-state index >= 15 is 0 Å². The summed E-state index contributed by atoms with van der Waals surface area (Å²) in [6.45, 7) is 0.654. The number of carboxylic acid groups (broad SMARTS) is 1. The Balaban J connectivity index is 1.54. The van der Waals surface area contributed by atoms with Gasteiger partial charge in [-0.3, -0.25) is 9.59 Å². The van der Waals surface area contributed by atoms with Gasteiger partial charge in [-0.05, 0) is 36.2 Å². The Morgan fingerprint density at radius 1 is 1.11 bits per heavy atom. The van der Waals surface area contributed by atoms with Gasteiger partial charge in [-0.15, -0.1) is 0 Å². The molecule has 2 N–H and O–H groups in total. The van der Waals surface area contributed by atoms with Crippen molar-refractivity contribution in [3.63, 3.8) is 0 Å². The lowest BCUT2D eigenvalue weighted by atomic mass is 10.1. The summed E-state index contributed by atoms with van der Waals surface area (Å²) in [4.78, 5) is 38.8. The first-order valence-corrected chi connectivity index (χ1v) is 9.13. The molecule has 146 valence electrons. The van der Waals surface area contributed by atoms with Crippen molar-refractivity contribution in [1.82, 2.24) is 4.90 Å². The highest BCUT2D eigenvalue weighted by molar-refractivity contribution is 5.94. The molecule has 1 aliphatic heterocycles. The number of carbonyl (C=O) groups is 3. The van der Waals surface area contributed by atoms with Crippen LogP contribution in [-0.2, 0) is 16.0 Å². The number of benzene rings is 2. The third-order valence-electron chi connectivity index (χ3n) is 4.90. The molecule has 3 amide bonds. The van der Waals surface area contributed by atoms with Crippen LogP contribution >= 0.6 is 0 Å². The Morgan fingerprint density at radius 3 is 2.39 bits per heavy atom. The monoisotopic (exact) mass is 381 g/mol. The summed E-state index contributed by atoms with van der Waals surface area (Å²) >= 11 is 0. The molecule has 0 bridgehead atoms. The topological polar surface area (TPSA) is 90.0 Å². The fourth-order valence-electron chi connectivity index (χ4n) is 3.14. The highest BCUT2D eigenvalue weighted by atomic mass is 16.4. The molecule has 2 aromatic carbocycles. The molecule has 1 saturated heterocycles. The zero-order valence-electron chi connectivity index (χ0n) is 15.7. The molecule has 1 atom stereocenters. The molecule has 7 heteroatoms. The third kappa shape index (κ3) is 4.68. The van der Waals surface area contributed by atoms with Crippen molar-refractivity contribution in [2.45, 2.75) is 12.8 Å². The number of anilines is 2. The predicted octanol–water partition coefficient (Wildman–Crippen LogP) is 2.83. The largest absolute Gasteiger partial charge is 0.481 e. The average Bonchev–Trinajstić information content (AvgIpc) is 3.20. The fraction of sp³-hybridized carbons (Fsp3) is 0.286. The molecule has 1 unspecified atom stereocenters. The molecule has 2 aromatic rings. The quantitative estimate of drug-likeness (QED) is 0.833.